The van der Waals surface area contributed by atoms with Crippen LogP contribution in [0.15, 0.2) is 4.99 Å². The maximum atomic E-state index is 10.0. The van der Waals surface area contributed by atoms with Crippen molar-refractivity contribution in [3.05, 3.63) is 0 Å². The van der Waals surface area contributed by atoms with E-state index in [0.717, 1.165) is 18.6 Å². The molecule has 2 nitrogen and oxygen atoms in total. The van der Waals surface area contributed by atoms with E-state index in [1.54, 1.807) is 0 Å². The van der Waals surface area contributed by atoms with Gasteiger partial charge in [-0.05, 0) is 33.6 Å². The average molecular weight is 216 g/mol. The maximum Gasteiger partial charge on any atom is 0.101 e. The molecule has 1 radical (unpaired) electrons. The Labute approximate surface area is 101 Å². The van der Waals surface area contributed by atoms with E-state index in [2.05, 4.69) is 4.99 Å². The Balaban J connectivity index is 0. The summed E-state index contributed by atoms with van der Waals surface area (Å²) < 4.78 is 0. The van der Waals surface area contributed by atoms with Crippen molar-refractivity contribution >= 4 is 5.71 Å². The van der Waals surface area contributed by atoms with Gasteiger partial charge in [0.2, 0.25) is 0 Å². The third kappa shape index (κ3) is 5.06. The normalized spacial score (nSPS) is 13.0. The topological polar surface area (TPSA) is 32.6 Å². The zero-order valence-electron chi connectivity index (χ0n) is 9.46. The summed E-state index contributed by atoms with van der Waals surface area (Å²) in [7, 11) is 0. The van der Waals surface area contributed by atoms with E-state index in [0.29, 0.717) is 0 Å². The van der Waals surface area contributed by atoms with Gasteiger partial charge in [0, 0.05) is 37.6 Å². The molecular weight excluding hydrogens is 195 g/mol. The largest absolute Gasteiger partial charge is 0.384 e. The average Bonchev–Trinajstić information content (AvgIpc) is 2.02. The van der Waals surface area contributed by atoms with E-state index in [-0.39, 0.29) is 31.9 Å². The van der Waals surface area contributed by atoms with Gasteiger partial charge in [0.25, 0.3) is 0 Å². The van der Waals surface area contributed by atoms with Crippen LogP contribution in [0.25, 0.3) is 0 Å². The molecule has 0 aliphatic carbocycles. The Kier molecular flexibility index (Phi) is 8.44. The van der Waals surface area contributed by atoms with Crippen molar-refractivity contribution in [2.24, 2.45) is 4.99 Å². The summed E-state index contributed by atoms with van der Waals surface area (Å²) in [6.07, 6.45) is 1.48. The molecule has 0 rings (SSSR count). The van der Waals surface area contributed by atoms with Gasteiger partial charge in [0.1, 0.15) is 5.60 Å². The first kappa shape index (κ1) is 16.0. The van der Waals surface area contributed by atoms with Crippen molar-refractivity contribution in [3.8, 4) is 0 Å². The summed E-state index contributed by atoms with van der Waals surface area (Å²) in [5, 5.41) is 10.0. The van der Waals surface area contributed by atoms with Gasteiger partial charge >= 0.3 is 0 Å². The number of aliphatic hydroxyl groups is 1. The minimum absolute atomic E-state index is 0. The number of aliphatic imine (C=N–C) groups is 1. The predicted octanol–water partition coefficient (Wildman–Crippen LogP) is 2.40. The van der Waals surface area contributed by atoms with Gasteiger partial charge < -0.3 is 5.11 Å². The van der Waals surface area contributed by atoms with Crippen LogP contribution in [0.4, 0.5) is 0 Å². The third-order valence-electron chi connectivity index (χ3n) is 2.30. The van der Waals surface area contributed by atoms with Crippen LogP contribution < -0.4 is 0 Å². The molecule has 0 amide bonds. The molecule has 0 aliphatic rings. The summed E-state index contributed by atoms with van der Waals surface area (Å²) in [5.41, 5.74) is 0.187. The van der Waals surface area contributed by atoms with Crippen LogP contribution in [0.3, 0.4) is 0 Å². The van der Waals surface area contributed by atoms with Gasteiger partial charge in [-0.1, -0.05) is 13.8 Å². The Morgan fingerprint density at radius 1 is 1.31 bits per heavy atom. The standard InChI is InChI=1S/C10H21NO.Sc/c1-6-10(12,7-2)9(5)11-8(3)4;/h8,12H,6-7H2,1-5H3;. The molecule has 75 valence electrons. The molecule has 0 fully saturated rings. The van der Waals surface area contributed by atoms with Crippen LogP contribution in [0.5, 0.6) is 0 Å². The number of nitrogens with zero attached hydrogens (tertiary/aromatic N) is 1. The van der Waals surface area contributed by atoms with Crippen LogP contribution in [0.1, 0.15) is 47.5 Å². The van der Waals surface area contributed by atoms with Crippen molar-refractivity contribution in [3.63, 3.8) is 0 Å². The minimum atomic E-state index is -0.676. The van der Waals surface area contributed by atoms with E-state index in [1.807, 2.05) is 34.6 Å². The Morgan fingerprint density at radius 3 is 1.92 bits per heavy atom. The van der Waals surface area contributed by atoms with Gasteiger partial charge in [0.05, 0.1) is 0 Å². The summed E-state index contributed by atoms with van der Waals surface area (Å²) in [6, 6.07) is 0.273. The van der Waals surface area contributed by atoms with E-state index >= 15 is 0 Å². The van der Waals surface area contributed by atoms with E-state index < -0.39 is 5.60 Å². The van der Waals surface area contributed by atoms with Crippen molar-refractivity contribution in [1.29, 1.82) is 0 Å². The van der Waals surface area contributed by atoms with Crippen LogP contribution >= 0.6 is 0 Å². The van der Waals surface area contributed by atoms with Gasteiger partial charge in [-0.3, -0.25) is 4.99 Å². The first-order valence-corrected chi connectivity index (χ1v) is 4.73. The zero-order valence-corrected chi connectivity index (χ0v) is 11.3. The molecule has 0 aromatic heterocycles. The monoisotopic (exact) mass is 216 g/mol. The molecule has 0 aromatic rings. The second kappa shape index (κ2) is 6.88. The Bertz CT molecular complexity index is 162. The summed E-state index contributed by atoms with van der Waals surface area (Å²) in [4.78, 5) is 4.36. The van der Waals surface area contributed by atoms with Crippen LogP contribution in [0, 0.1) is 0 Å². The van der Waals surface area contributed by atoms with Gasteiger partial charge in [-0.25, -0.2) is 0 Å². The molecule has 0 bridgehead atoms. The number of hydrogen-bond acceptors (Lipinski definition) is 2. The second-order valence-electron chi connectivity index (χ2n) is 3.55. The molecule has 0 heterocycles. The molecule has 0 aromatic carbocycles. The zero-order chi connectivity index (χ0) is 9.78. The van der Waals surface area contributed by atoms with Crippen LogP contribution in [0.2, 0.25) is 0 Å². The maximum absolute atomic E-state index is 10.0. The van der Waals surface area contributed by atoms with Crippen LogP contribution in [-0.4, -0.2) is 22.5 Å². The van der Waals surface area contributed by atoms with E-state index in [4.69, 9.17) is 0 Å². The fourth-order valence-corrected chi connectivity index (χ4v) is 1.27. The fourth-order valence-electron chi connectivity index (χ4n) is 1.27. The van der Waals surface area contributed by atoms with E-state index in [9.17, 15) is 5.11 Å². The first-order chi connectivity index (χ1) is 5.46. The molecule has 0 aliphatic heterocycles. The molecule has 3 heteroatoms. The number of hydrogen-bond donors (Lipinski definition) is 1. The molecule has 13 heavy (non-hydrogen) atoms. The van der Waals surface area contributed by atoms with Crippen molar-refractivity contribution in [1.82, 2.24) is 0 Å². The molecular formula is C10H21NOSc. The quantitative estimate of drug-likeness (QED) is 0.719. The summed E-state index contributed by atoms with van der Waals surface area (Å²) in [6.45, 7) is 9.93. The third-order valence-corrected chi connectivity index (χ3v) is 2.30. The first-order valence-electron chi connectivity index (χ1n) is 4.73. The van der Waals surface area contributed by atoms with Crippen LogP contribution in [-0.2, 0) is 25.8 Å². The predicted molar refractivity (Wildman–Crippen MR) is 53.8 cm³/mol. The molecule has 0 unspecified atom stereocenters. The van der Waals surface area contributed by atoms with Crippen molar-refractivity contribution < 1.29 is 30.9 Å². The summed E-state index contributed by atoms with van der Waals surface area (Å²) >= 11 is 0. The molecule has 0 spiro atoms. The second-order valence-corrected chi connectivity index (χ2v) is 3.55. The van der Waals surface area contributed by atoms with Gasteiger partial charge in [-0.2, -0.15) is 0 Å². The van der Waals surface area contributed by atoms with Crippen molar-refractivity contribution in [2.45, 2.75) is 59.1 Å². The Morgan fingerprint density at radius 2 is 1.69 bits per heavy atom. The molecule has 0 saturated carbocycles. The number of rotatable bonds is 4. The molecule has 0 saturated heterocycles. The fraction of sp³-hybridized carbons (Fsp3) is 0.900. The van der Waals surface area contributed by atoms with Gasteiger partial charge in [0.15, 0.2) is 0 Å². The van der Waals surface area contributed by atoms with E-state index in [1.165, 1.54) is 0 Å². The minimum Gasteiger partial charge on any atom is -0.384 e. The SMILES string of the molecule is CCC(O)(CC)C(C)=NC(C)C.[Sc]. The van der Waals surface area contributed by atoms with Crippen molar-refractivity contribution in [2.75, 3.05) is 0 Å². The smallest absolute Gasteiger partial charge is 0.101 e. The van der Waals surface area contributed by atoms with Gasteiger partial charge in [-0.15, -0.1) is 0 Å². The molecule has 1 N–H and O–H groups in total. The molecule has 0 atom stereocenters. The Hall–Kier alpha value is 0.500. The summed E-state index contributed by atoms with van der Waals surface area (Å²) in [5.74, 6) is 0.